The Balaban J connectivity index is 1.42. The lowest BCUT2D eigenvalue weighted by atomic mass is 10.1. The van der Waals surface area contributed by atoms with Gasteiger partial charge in [0, 0.05) is 37.7 Å². The third-order valence-electron chi connectivity index (χ3n) is 4.60. The van der Waals surface area contributed by atoms with E-state index in [1.807, 2.05) is 35.2 Å². The highest BCUT2D eigenvalue weighted by Crippen LogP contribution is 2.30. The van der Waals surface area contributed by atoms with Gasteiger partial charge in [-0.05, 0) is 36.8 Å². The number of carbonyl (C=O) groups is 1. The number of hydrogen-bond donors (Lipinski definition) is 1. The van der Waals surface area contributed by atoms with Crippen LogP contribution < -0.4 is 5.32 Å². The quantitative estimate of drug-likeness (QED) is 0.926. The highest BCUT2D eigenvalue weighted by Gasteiger charge is 2.39. The first-order chi connectivity index (χ1) is 11.7. The van der Waals surface area contributed by atoms with Crippen LogP contribution in [0.15, 0.2) is 42.7 Å². The maximum Gasteiger partial charge on any atom is 0.252 e. The molecular formula is C18H19ClN2O3. The molecule has 4 rings (SSSR count). The fraction of sp³-hybridized carbons (Fsp3) is 0.389. The van der Waals surface area contributed by atoms with Crippen molar-refractivity contribution in [3.05, 3.63) is 53.3 Å². The summed E-state index contributed by atoms with van der Waals surface area (Å²) in [7, 11) is 0. The summed E-state index contributed by atoms with van der Waals surface area (Å²) in [6.45, 7) is 1.25. The van der Waals surface area contributed by atoms with E-state index in [1.54, 1.807) is 12.1 Å². The van der Waals surface area contributed by atoms with E-state index in [0.29, 0.717) is 17.1 Å². The second-order valence-electron chi connectivity index (χ2n) is 6.19. The molecule has 0 radical (unpaired) electrons. The van der Waals surface area contributed by atoms with Crippen LogP contribution in [0.1, 0.15) is 23.2 Å². The molecule has 24 heavy (non-hydrogen) atoms. The van der Waals surface area contributed by atoms with Crippen molar-refractivity contribution < 1.29 is 14.3 Å². The number of carbonyl (C=O) groups excluding carboxylic acids is 1. The van der Waals surface area contributed by atoms with Gasteiger partial charge in [-0.25, -0.2) is 0 Å². The number of amides is 1. The smallest absolute Gasteiger partial charge is 0.252 e. The van der Waals surface area contributed by atoms with Gasteiger partial charge >= 0.3 is 0 Å². The van der Waals surface area contributed by atoms with Crippen LogP contribution in [0.3, 0.4) is 0 Å². The Hall–Kier alpha value is -1.82. The zero-order chi connectivity index (χ0) is 16.5. The van der Waals surface area contributed by atoms with Crippen LogP contribution in [0.2, 0.25) is 5.02 Å². The molecule has 3 unspecified atom stereocenters. The summed E-state index contributed by atoms with van der Waals surface area (Å²) in [6, 6.07) is 9.30. The van der Waals surface area contributed by atoms with Gasteiger partial charge in [-0.15, -0.1) is 0 Å². The average Bonchev–Trinajstić information content (AvgIpc) is 3.29. The Kier molecular flexibility index (Phi) is 4.31. The maximum atomic E-state index is 12.5. The second kappa shape index (κ2) is 6.59. The SMILES string of the molecule is O=C(NCC1CC2OCCC2O1)c1cc(-n2cccc2)ccc1Cl. The summed E-state index contributed by atoms with van der Waals surface area (Å²) in [6.07, 6.45) is 6.02. The topological polar surface area (TPSA) is 52.5 Å². The highest BCUT2D eigenvalue weighted by molar-refractivity contribution is 6.33. The first-order valence-electron chi connectivity index (χ1n) is 8.19. The Labute approximate surface area is 145 Å². The molecule has 0 bridgehead atoms. The molecular weight excluding hydrogens is 328 g/mol. The van der Waals surface area contributed by atoms with E-state index in [2.05, 4.69) is 5.32 Å². The number of nitrogens with one attached hydrogen (secondary N) is 1. The van der Waals surface area contributed by atoms with Gasteiger partial charge in [0.15, 0.2) is 0 Å². The fourth-order valence-electron chi connectivity index (χ4n) is 3.35. The van der Waals surface area contributed by atoms with Crippen LogP contribution >= 0.6 is 11.6 Å². The third-order valence-corrected chi connectivity index (χ3v) is 4.93. The van der Waals surface area contributed by atoms with Crippen LogP contribution in [0.25, 0.3) is 5.69 Å². The van der Waals surface area contributed by atoms with E-state index in [9.17, 15) is 4.79 Å². The monoisotopic (exact) mass is 346 g/mol. The van der Waals surface area contributed by atoms with Crippen molar-refractivity contribution in [2.75, 3.05) is 13.2 Å². The molecule has 1 N–H and O–H groups in total. The molecule has 2 fully saturated rings. The van der Waals surface area contributed by atoms with E-state index in [-0.39, 0.29) is 24.2 Å². The van der Waals surface area contributed by atoms with Gasteiger partial charge in [-0.2, -0.15) is 0 Å². The van der Waals surface area contributed by atoms with Crippen LogP contribution in [0.5, 0.6) is 0 Å². The number of rotatable bonds is 4. The van der Waals surface area contributed by atoms with Crippen molar-refractivity contribution in [3.63, 3.8) is 0 Å². The molecule has 1 aromatic carbocycles. The molecule has 2 saturated heterocycles. The lowest BCUT2D eigenvalue weighted by Crippen LogP contribution is -2.32. The Morgan fingerprint density at radius 1 is 1.29 bits per heavy atom. The van der Waals surface area contributed by atoms with Gasteiger partial charge in [0.25, 0.3) is 5.91 Å². The third kappa shape index (κ3) is 3.07. The highest BCUT2D eigenvalue weighted by atomic mass is 35.5. The minimum absolute atomic E-state index is 0.00987. The van der Waals surface area contributed by atoms with E-state index >= 15 is 0 Å². The number of ether oxygens (including phenoxy) is 2. The van der Waals surface area contributed by atoms with Gasteiger partial charge < -0.3 is 19.4 Å². The summed E-state index contributed by atoms with van der Waals surface area (Å²) < 4.78 is 13.5. The zero-order valence-corrected chi connectivity index (χ0v) is 13.9. The molecule has 2 aromatic rings. The van der Waals surface area contributed by atoms with Gasteiger partial charge in [-0.1, -0.05) is 11.6 Å². The fourth-order valence-corrected chi connectivity index (χ4v) is 3.56. The van der Waals surface area contributed by atoms with E-state index in [0.717, 1.165) is 25.1 Å². The van der Waals surface area contributed by atoms with Crippen LogP contribution in [-0.4, -0.2) is 41.9 Å². The molecule has 3 heterocycles. The van der Waals surface area contributed by atoms with Crippen LogP contribution in [0, 0.1) is 0 Å². The number of hydrogen-bond acceptors (Lipinski definition) is 3. The number of benzene rings is 1. The van der Waals surface area contributed by atoms with Gasteiger partial charge in [0.05, 0.1) is 28.9 Å². The van der Waals surface area contributed by atoms with Crippen molar-refractivity contribution >= 4 is 17.5 Å². The Bertz CT molecular complexity index is 720. The van der Waals surface area contributed by atoms with Crippen molar-refractivity contribution in [2.45, 2.75) is 31.2 Å². The van der Waals surface area contributed by atoms with E-state index in [1.165, 1.54) is 0 Å². The molecule has 1 amide bonds. The molecule has 3 atom stereocenters. The average molecular weight is 347 g/mol. The van der Waals surface area contributed by atoms with Crippen molar-refractivity contribution in [3.8, 4) is 5.69 Å². The van der Waals surface area contributed by atoms with Crippen molar-refractivity contribution in [1.82, 2.24) is 9.88 Å². The van der Waals surface area contributed by atoms with Crippen LogP contribution in [-0.2, 0) is 9.47 Å². The Morgan fingerprint density at radius 3 is 2.92 bits per heavy atom. The summed E-state index contributed by atoms with van der Waals surface area (Å²) in [5.74, 6) is -0.185. The predicted molar refractivity (Wildman–Crippen MR) is 90.7 cm³/mol. The lowest BCUT2D eigenvalue weighted by Gasteiger charge is -2.14. The number of nitrogens with zero attached hydrogens (tertiary/aromatic N) is 1. The number of aromatic nitrogens is 1. The number of fused-ring (bicyclic) bond motifs is 1. The normalized spacial score (nSPS) is 25.6. The van der Waals surface area contributed by atoms with Gasteiger partial charge in [0.1, 0.15) is 0 Å². The maximum absolute atomic E-state index is 12.5. The zero-order valence-electron chi connectivity index (χ0n) is 13.2. The summed E-state index contributed by atoms with van der Waals surface area (Å²) in [5, 5.41) is 3.37. The molecule has 1 aromatic heterocycles. The molecule has 2 aliphatic rings. The molecule has 0 spiro atoms. The summed E-state index contributed by atoms with van der Waals surface area (Å²) in [4.78, 5) is 12.5. The number of halogens is 1. The standard InChI is InChI=1S/C18H19ClN2O3/c19-15-4-3-12(21-6-1-2-7-21)9-14(15)18(22)20-11-13-10-17-16(24-13)5-8-23-17/h1-4,6-7,9,13,16-17H,5,8,10-11H2,(H,20,22). The van der Waals surface area contributed by atoms with Gasteiger partial charge in [0.2, 0.25) is 0 Å². The predicted octanol–water partition coefficient (Wildman–Crippen LogP) is 2.81. The molecule has 2 aliphatic heterocycles. The minimum Gasteiger partial charge on any atom is -0.375 e. The Morgan fingerprint density at radius 2 is 2.12 bits per heavy atom. The first-order valence-corrected chi connectivity index (χ1v) is 8.56. The summed E-state index contributed by atoms with van der Waals surface area (Å²) >= 11 is 6.20. The van der Waals surface area contributed by atoms with Gasteiger partial charge in [-0.3, -0.25) is 4.79 Å². The first kappa shape index (κ1) is 15.7. The largest absolute Gasteiger partial charge is 0.375 e. The van der Waals surface area contributed by atoms with E-state index < -0.39 is 0 Å². The molecule has 5 nitrogen and oxygen atoms in total. The second-order valence-corrected chi connectivity index (χ2v) is 6.60. The summed E-state index contributed by atoms with van der Waals surface area (Å²) in [5.41, 5.74) is 1.37. The molecule has 0 aliphatic carbocycles. The lowest BCUT2D eigenvalue weighted by molar-refractivity contribution is 0.0383. The molecule has 0 saturated carbocycles. The molecule has 126 valence electrons. The van der Waals surface area contributed by atoms with Crippen LogP contribution in [0.4, 0.5) is 0 Å². The minimum atomic E-state index is -0.185. The molecule has 6 heteroatoms. The van der Waals surface area contributed by atoms with Crippen molar-refractivity contribution in [2.24, 2.45) is 0 Å². The van der Waals surface area contributed by atoms with E-state index in [4.69, 9.17) is 21.1 Å². The van der Waals surface area contributed by atoms with Crippen molar-refractivity contribution in [1.29, 1.82) is 0 Å².